The molecule has 0 fully saturated rings. The fourth-order valence-electron chi connectivity index (χ4n) is 2.83. The number of rotatable bonds is 6. The molecule has 0 spiro atoms. The monoisotopic (exact) mass is 374 g/mol. The molecule has 0 saturated heterocycles. The van der Waals surface area contributed by atoms with Crippen molar-refractivity contribution in [2.75, 3.05) is 11.9 Å². The van der Waals surface area contributed by atoms with Crippen molar-refractivity contribution in [2.24, 2.45) is 0 Å². The molecule has 142 valence electrons. The number of hydrogen-bond donors (Lipinski definition) is 3. The third-order valence-electron chi connectivity index (χ3n) is 4.45. The van der Waals surface area contributed by atoms with Crippen LogP contribution in [0.1, 0.15) is 34.3 Å². The molecule has 3 aromatic rings. The third-order valence-corrected chi connectivity index (χ3v) is 4.45. The number of aromatic hydroxyl groups is 1. The lowest BCUT2D eigenvalue weighted by molar-refractivity contribution is 0.103. The first-order valence-corrected chi connectivity index (χ1v) is 9.06. The molecule has 5 nitrogen and oxygen atoms in total. The molecule has 0 heterocycles. The number of carbonyl (C=O) groups excluding carboxylic acids is 2. The van der Waals surface area contributed by atoms with Gasteiger partial charge < -0.3 is 15.7 Å². The molecule has 0 aromatic heterocycles. The predicted octanol–water partition coefficient (Wildman–Crippen LogP) is 4.55. The van der Waals surface area contributed by atoms with Crippen LogP contribution in [0.4, 0.5) is 10.5 Å². The Hall–Kier alpha value is -3.60. The highest BCUT2D eigenvalue weighted by Crippen LogP contribution is 2.18. The average Bonchev–Trinajstić information content (AvgIpc) is 2.74. The summed E-state index contributed by atoms with van der Waals surface area (Å²) in [7, 11) is 0. The van der Waals surface area contributed by atoms with E-state index in [1.807, 2.05) is 43.3 Å². The molecule has 3 N–H and O–H groups in total. The van der Waals surface area contributed by atoms with Gasteiger partial charge in [-0.05, 0) is 41.8 Å². The number of anilines is 1. The Morgan fingerprint density at radius 1 is 0.893 bits per heavy atom. The van der Waals surface area contributed by atoms with Gasteiger partial charge in [-0.2, -0.15) is 0 Å². The Kier molecular flexibility index (Phi) is 6.07. The van der Waals surface area contributed by atoms with Gasteiger partial charge in [0.15, 0.2) is 5.78 Å². The van der Waals surface area contributed by atoms with Gasteiger partial charge >= 0.3 is 6.03 Å². The Labute approximate surface area is 164 Å². The smallest absolute Gasteiger partial charge is 0.319 e. The van der Waals surface area contributed by atoms with E-state index in [0.717, 1.165) is 5.56 Å². The molecule has 3 rings (SSSR count). The fourth-order valence-corrected chi connectivity index (χ4v) is 2.83. The van der Waals surface area contributed by atoms with Crippen molar-refractivity contribution >= 4 is 17.5 Å². The van der Waals surface area contributed by atoms with Crippen LogP contribution in [-0.2, 0) is 0 Å². The van der Waals surface area contributed by atoms with Crippen LogP contribution in [-0.4, -0.2) is 23.5 Å². The van der Waals surface area contributed by atoms with Crippen molar-refractivity contribution in [3.8, 4) is 5.75 Å². The van der Waals surface area contributed by atoms with Gasteiger partial charge in [0, 0.05) is 23.4 Å². The highest BCUT2D eigenvalue weighted by Gasteiger charge is 2.13. The van der Waals surface area contributed by atoms with Gasteiger partial charge in [0.05, 0.1) is 0 Å². The summed E-state index contributed by atoms with van der Waals surface area (Å²) in [6.07, 6.45) is 0. The van der Waals surface area contributed by atoms with Gasteiger partial charge in [-0.3, -0.25) is 4.79 Å². The largest absolute Gasteiger partial charge is 0.508 e. The molecule has 0 radical (unpaired) electrons. The van der Waals surface area contributed by atoms with Crippen molar-refractivity contribution in [2.45, 2.75) is 12.8 Å². The maximum atomic E-state index is 12.6. The van der Waals surface area contributed by atoms with Crippen molar-refractivity contribution in [1.82, 2.24) is 5.32 Å². The minimum absolute atomic E-state index is 0.0207. The maximum Gasteiger partial charge on any atom is 0.319 e. The molecular formula is C23H22N2O3. The molecule has 2 amide bonds. The predicted molar refractivity (Wildman–Crippen MR) is 110 cm³/mol. The Morgan fingerprint density at radius 2 is 1.57 bits per heavy atom. The molecule has 0 aliphatic heterocycles. The Bertz CT molecular complexity index is 953. The summed E-state index contributed by atoms with van der Waals surface area (Å²) in [4.78, 5) is 24.7. The van der Waals surface area contributed by atoms with Crippen molar-refractivity contribution in [3.05, 3.63) is 95.6 Å². The van der Waals surface area contributed by atoms with Crippen molar-refractivity contribution < 1.29 is 14.7 Å². The summed E-state index contributed by atoms with van der Waals surface area (Å²) in [5.74, 6) is 0.159. The van der Waals surface area contributed by atoms with Crippen LogP contribution in [0.25, 0.3) is 0 Å². The zero-order chi connectivity index (χ0) is 19.9. The summed E-state index contributed by atoms with van der Waals surface area (Å²) in [6, 6.07) is 22.6. The summed E-state index contributed by atoms with van der Waals surface area (Å²) in [5, 5.41) is 14.8. The van der Waals surface area contributed by atoms with Crippen LogP contribution in [0.3, 0.4) is 0 Å². The number of carbonyl (C=O) groups is 2. The van der Waals surface area contributed by atoms with Crippen LogP contribution in [0, 0.1) is 0 Å². The number of benzene rings is 3. The second-order valence-electron chi connectivity index (χ2n) is 6.60. The van der Waals surface area contributed by atoms with Crippen LogP contribution in [0.15, 0.2) is 78.9 Å². The van der Waals surface area contributed by atoms with E-state index in [-0.39, 0.29) is 23.5 Å². The van der Waals surface area contributed by atoms with Gasteiger partial charge in [-0.25, -0.2) is 4.79 Å². The number of phenolic OH excluding ortho intramolecular Hbond substituents is 1. The molecule has 0 aliphatic rings. The van der Waals surface area contributed by atoms with Crippen LogP contribution < -0.4 is 10.6 Å². The summed E-state index contributed by atoms with van der Waals surface area (Å²) >= 11 is 0. The van der Waals surface area contributed by atoms with E-state index in [2.05, 4.69) is 10.6 Å². The van der Waals surface area contributed by atoms with Gasteiger partial charge in [0.2, 0.25) is 0 Å². The second-order valence-corrected chi connectivity index (χ2v) is 6.60. The molecule has 0 unspecified atom stereocenters. The van der Waals surface area contributed by atoms with E-state index in [1.165, 1.54) is 12.1 Å². The second kappa shape index (κ2) is 8.86. The van der Waals surface area contributed by atoms with E-state index in [0.29, 0.717) is 23.4 Å². The number of phenols is 1. The minimum atomic E-state index is -0.325. The number of hydrogen-bond acceptors (Lipinski definition) is 3. The molecule has 3 aromatic carbocycles. The van der Waals surface area contributed by atoms with E-state index >= 15 is 0 Å². The van der Waals surface area contributed by atoms with Gasteiger partial charge in [0.25, 0.3) is 0 Å². The number of nitrogens with one attached hydrogen (secondary N) is 2. The first-order valence-electron chi connectivity index (χ1n) is 9.06. The summed E-state index contributed by atoms with van der Waals surface area (Å²) in [5.41, 5.74) is 2.85. The van der Waals surface area contributed by atoms with E-state index in [4.69, 9.17) is 0 Å². The third kappa shape index (κ3) is 4.98. The lowest BCUT2D eigenvalue weighted by Gasteiger charge is -2.15. The molecule has 5 heteroatoms. The zero-order valence-electron chi connectivity index (χ0n) is 15.6. The average molecular weight is 374 g/mol. The van der Waals surface area contributed by atoms with Crippen molar-refractivity contribution in [1.29, 1.82) is 0 Å². The SMILES string of the molecule is C[C@H](CNC(=O)Nc1ccc(O)cc1)c1cccc(C(=O)c2ccccc2)c1. The number of urea groups is 1. The Morgan fingerprint density at radius 3 is 2.29 bits per heavy atom. The normalized spacial score (nSPS) is 11.5. The highest BCUT2D eigenvalue weighted by atomic mass is 16.3. The molecule has 28 heavy (non-hydrogen) atoms. The van der Waals surface area contributed by atoms with Gasteiger partial charge in [-0.1, -0.05) is 55.5 Å². The van der Waals surface area contributed by atoms with E-state index in [1.54, 1.807) is 30.3 Å². The lowest BCUT2D eigenvalue weighted by atomic mass is 9.95. The van der Waals surface area contributed by atoms with Crippen molar-refractivity contribution in [3.63, 3.8) is 0 Å². The van der Waals surface area contributed by atoms with Gasteiger partial charge in [-0.15, -0.1) is 0 Å². The van der Waals surface area contributed by atoms with Crippen LogP contribution >= 0.6 is 0 Å². The standard InChI is InChI=1S/C23H22N2O3/c1-16(15-24-23(28)25-20-10-12-21(26)13-11-20)18-8-5-9-19(14-18)22(27)17-6-3-2-4-7-17/h2-14,16,26H,15H2,1H3,(H2,24,25,28)/t16-/m1/s1. The quantitative estimate of drug-likeness (QED) is 0.437. The van der Waals surface area contributed by atoms with Crippen LogP contribution in [0.2, 0.25) is 0 Å². The number of amides is 2. The van der Waals surface area contributed by atoms with Gasteiger partial charge in [0.1, 0.15) is 5.75 Å². The molecule has 1 atom stereocenters. The summed E-state index contributed by atoms with van der Waals surface area (Å²) < 4.78 is 0. The van der Waals surface area contributed by atoms with E-state index < -0.39 is 0 Å². The molecule has 0 aliphatic carbocycles. The fraction of sp³-hybridized carbons (Fsp3) is 0.130. The topological polar surface area (TPSA) is 78.4 Å². The summed E-state index contributed by atoms with van der Waals surface area (Å²) in [6.45, 7) is 2.42. The zero-order valence-corrected chi connectivity index (χ0v) is 15.6. The molecule has 0 bridgehead atoms. The first-order chi connectivity index (χ1) is 13.5. The maximum absolute atomic E-state index is 12.6. The number of ketones is 1. The minimum Gasteiger partial charge on any atom is -0.508 e. The molecule has 0 saturated carbocycles. The van der Waals surface area contributed by atoms with Crippen LogP contribution in [0.5, 0.6) is 5.75 Å². The highest BCUT2D eigenvalue weighted by molar-refractivity contribution is 6.09. The molecular weight excluding hydrogens is 352 g/mol. The first kappa shape index (κ1) is 19.2. The Balaban J connectivity index is 1.60. The van der Waals surface area contributed by atoms with E-state index in [9.17, 15) is 14.7 Å². The lowest BCUT2D eigenvalue weighted by Crippen LogP contribution is -2.31.